The smallest absolute Gasteiger partial charge is 0.250 e. The van der Waals surface area contributed by atoms with Crippen molar-refractivity contribution in [1.82, 2.24) is 19.2 Å². The molecule has 0 fully saturated rings. The highest BCUT2D eigenvalue weighted by Gasteiger charge is 2.24. The molecule has 8 heteroatoms. The molecule has 0 saturated heterocycles. The average molecular weight is 452 g/mol. The lowest BCUT2D eigenvalue weighted by Crippen LogP contribution is -2.27. The summed E-state index contributed by atoms with van der Waals surface area (Å²) in [6, 6.07) is 21.8. The Morgan fingerprint density at radius 1 is 0.970 bits per heavy atom. The van der Waals surface area contributed by atoms with E-state index in [0.717, 1.165) is 22.3 Å². The van der Waals surface area contributed by atoms with Crippen LogP contribution in [-0.4, -0.2) is 25.4 Å². The Balaban J connectivity index is 1.55. The van der Waals surface area contributed by atoms with Crippen LogP contribution in [0.25, 0.3) is 33.2 Å². The summed E-state index contributed by atoms with van der Waals surface area (Å²) in [5.41, 5.74) is 4.23. The SMILES string of the molecule is O=c1c2c3nc4ccccc4nc3n(/N=C/c3cccs3)c2[nH+]cn1CCc1ccccc1. The third-order valence-electron chi connectivity index (χ3n) is 5.60. The van der Waals surface area contributed by atoms with Crippen molar-refractivity contribution in [2.24, 2.45) is 5.10 Å². The maximum Gasteiger partial charge on any atom is 0.322 e. The van der Waals surface area contributed by atoms with E-state index >= 15 is 0 Å². The molecule has 33 heavy (non-hydrogen) atoms. The molecule has 0 saturated carbocycles. The first-order valence-corrected chi connectivity index (χ1v) is 11.5. The van der Waals surface area contributed by atoms with E-state index in [1.54, 1.807) is 33.1 Å². The maximum atomic E-state index is 13.6. The van der Waals surface area contributed by atoms with Crippen LogP contribution in [0.1, 0.15) is 10.4 Å². The number of fused-ring (bicyclic) bond motifs is 4. The van der Waals surface area contributed by atoms with Crippen LogP contribution in [0.15, 0.2) is 88.3 Å². The molecule has 2 aromatic carbocycles. The van der Waals surface area contributed by atoms with Gasteiger partial charge in [0, 0.05) is 11.3 Å². The third-order valence-corrected chi connectivity index (χ3v) is 6.40. The first-order chi connectivity index (χ1) is 16.3. The number of H-pyrrole nitrogens is 1. The van der Waals surface area contributed by atoms with Gasteiger partial charge in [-0.1, -0.05) is 48.5 Å². The molecule has 4 heterocycles. The summed E-state index contributed by atoms with van der Waals surface area (Å²) in [6.07, 6.45) is 4.24. The van der Waals surface area contributed by atoms with Gasteiger partial charge in [0.1, 0.15) is 5.52 Å². The summed E-state index contributed by atoms with van der Waals surface area (Å²) < 4.78 is 3.37. The second-order valence-electron chi connectivity index (χ2n) is 7.69. The number of hydrogen-bond donors (Lipinski definition) is 0. The van der Waals surface area contributed by atoms with Gasteiger partial charge in [0.25, 0.3) is 5.65 Å². The van der Waals surface area contributed by atoms with Gasteiger partial charge in [-0.05, 0) is 29.1 Å². The number of benzene rings is 2. The Kier molecular flexibility index (Phi) is 4.77. The van der Waals surface area contributed by atoms with Gasteiger partial charge in [0.05, 0.1) is 23.8 Å². The Morgan fingerprint density at radius 3 is 2.55 bits per heavy atom. The number of nitrogens with one attached hydrogen (secondary N) is 1. The first-order valence-electron chi connectivity index (χ1n) is 10.6. The highest BCUT2D eigenvalue weighted by atomic mass is 32.1. The summed E-state index contributed by atoms with van der Waals surface area (Å²) in [5.74, 6) is 0. The van der Waals surface area contributed by atoms with E-state index in [0.29, 0.717) is 28.7 Å². The third kappa shape index (κ3) is 3.50. The van der Waals surface area contributed by atoms with Crippen molar-refractivity contribution < 1.29 is 4.98 Å². The van der Waals surface area contributed by atoms with E-state index in [-0.39, 0.29) is 5.56 Å². The van der Waals surface area contributed by atoms with Gasteiger partial charge in [-0.3, -0.25) is 0 Å². The van der Waals surface area contributed by atoms with Crippen LogP contribution < -0.4 is 10.5 Å². The Labute approximate surface area is 192 Å². The molecule has 4 aromatic heterocycles. The Hall–Kier alpha value is -4.17. The number of para-hydroxylation sites is 2. The van der Waals surface area contributed by atoms with Crippen molar-refractivity contribution in [1.29, 1.82) is 0 Å². The van der Waals surface area contributed by atoms with Gasteiger partial charge in [-0.15, -0.1) is 21.1 Å². The molecule has 0 aliphatic rings. The van der Waals surface area contributed by atoms with E-state index in [1.807, 2.05) is 60.0 Å². The zero-order chi connectivity index (χ0) is 22.2. The number of aromatic amines is 1. The number of thiophene rings is 1. The lowest BCUT2D eigenvalue weighted by atomic mass is 10.1. The minimum atomic E-state index is -0.112. The second-order valence-corrected chi connectivity index (χ2v) is 8.67. The van der Waals surface area contributed by atoms with Crippen molar-refractivity contribution in [3.05, 3.63) is 99.2 Å². The maximum absolute atomic E-state index is 13.6. The lowest BCUT2D eigenvalue weighted by Gasteiger charge is -2.01. The van der Waals surface area contributed by atoms with Crippen LogP contribution in [0.2, 0.25) is 0 Å². The van der Waals surface area contributed by atoms with Gasteiger partial charge in [-0.25, -0.2) is 24.3 Å². The monoisotopic (exact) mass is 451 g/mol. The zero-order valence-corrected chi connectivity index (χ0v) is 18.4. The average Bonchev–Trinajstić information content (AvgIpc) is 3.48. The van der Waals surface area contributed by atoms with Crippen molar-refractivity contribution >= 4 is 50.8 Å². The standard InChI is InChI=1S/C25H18N6OS/c32-25-21-22-24(29-20-11-5-4-10-19(20)28-22)31(27-15-18-9-6-14-33-18)23(21)26-16-30(25)13-12-17-7-2-1-3-8-17/h1-11,14-16H,12-13H2/p+1/b27-15+. The molecular formula is C25H19N6OS+. The Bertz CT molecular complexity index is 1680. The number of aromatic nitrogens is 5. The molecule has 6 aromatic rings. The van der Waals surface area contributed by atoms with Crippen LogP contribution in [0.5, 0.6) is 0 Å². The molecule has 0 unspecified atom stereocenters. The summed E-state index contributed by atoms with van der Waals surface area (Å²) in [6.45, 7) is 0.557. The van der Waals surface area contributed by atoms with Gasteiger partial charge in [-0.2, -0.15) is 0 Å². The van der Waals surface area contributed by atoms with E-state index in [2.05, 4.69) is 22.2 Å². The molecule has 160 valence electrons. The molecule has 0 amide bonds. The first kappa shape index (κ1) is 19.5. The molecular weight excluding hydrogens is 432 g/mol. The predicted octanol–water partition coefficient (Wildman–Crippen LogP) is 3.90. The van der Waals surface area contributed by atoms with E-state index in [1.165, 1.54) is 5.56 Å². The largest absolute Gasteiger partial charge is 0.322 e. The molecule has 0 radical (unpaired) electrons. The number of hydrogen-bond acceptors (Lipinski definition) is 5. The second kappa shape index (κ2) is 8.07. The molecule has 6 rings (SSSR count). The van der Waals surface area contributed by atoms with Crippen LogP contribution in [0.4, 0.5) is 0 Å². The Morgan fingerprint density at radius 2 is 1.76 bits per heavy atom. The molecule has 0 aliphatic carbocycles. The van der Waals surface area contributed by atoms with Crippen molar-refractivity contribution in [2.45, 2.75) is 13.0 Å². The minimum Gasteiger partial charge on any atom is -0.250 e. The molecule has 1 N–H and O–H groups in total. The number of rotatable bonds is 5. The molecule has 0 aliphatic heterocycles. The lowest BCUT2D eigenvalue weighted by molar-refractivity contribution is -0.357. The van der Waals surface area contributed by atoms with Crippen molar-refractivity contribution in [3.8, 4) is 0 Å². The normalized spacial score (nSPS) is 11.9. The summed E-state index contributed by atoms with van der Waals surface area (Å²) >= 11 is 1.59. The van der Waals surface area contributed by atoms with E-state index < -0.39 is 0 Å². The highest BCUT2D eigenvalue weighted by Crippen LogP contribution is 2.24. The van der Waals surface area contributed by atoms with Crippen LogP contribution in [-0.2, 0) is 13.0 Å². The predicted molar refractivity (Wildman–Crippen MR) is 131 cm³/mol. The van der Waals surface area contributed by atoms with Gasteiger partial charge < -0.3 is 0 Å². The fourth-order valence-corrected chi connectivity index (χ4v) is 4.54. The fourth-order valence-electron chi connectivity index (χ4n) is 3.96. The summed E-state index contributed by atoms with van der Waals surface area (Å²) in [5, 5.41) is 7.14. The molecule has 0 bridgehead atoms. The van der Waals surface area contributed by atoms with Gasteiger partial charge in [0.2, 0.25) is 5.65 Å². The van der Waals surface area contributed by atoms with Crippen LogP contribution in [0.3, 0.4) is 0 Å². The zero-order valence-electron chi connectivity index (χ0n) is 17.5. The number of nitrogens with zero attached hydrogens (tertiary/aromatic N) is 5. The van der Waals surface area contributed by atoms with E-state index in [4.69, 9.17) is 9.97 Å². The van der Waals surface area contributed by atoms with E-state index in [9.17, 15) is 4.79 Å². The summed E-state index contributed by atoms with van der Waals surface area (Å²) in [4.78, 5) is 27.4. The number of aryl methyl sites for hydroxylation is 2. The topological polar surface area (TPSA) is 79.2 Å². The molecule has 7 nitrogen and oxygen atoms in total. The van der Waals surface area contributed by atoms with Gasteiger partial charge in [0.15, 0.2) is 11.7 Å². The highest BCUT2D eigenvalue weighted by molar-refractivity contribution is 7.11. The van der Waals surface area contributed by atoms with Gasteiger partial charge >= 0.3 is 5.56 Å². The molecule has 0 spiro atoms. The van der Waals surface area contributed by atoms with Crippen LogP contribution >= 0.6 is 11.3 Å². The van der Waals surface area contributed by atoms with Crippen LogP contribution in [0, 0.1) is 0 Å². The summed E-state index contributed by atoms with van der Waals surface area (Å²) in [7, 11) is 0. The molecule has 0 atom stereocenters. The van der Waals surface area contributed by atoms with Crippen molar-refractivity contribution in [3.63, 3.8) is 0 Å². The minimum absolute atomic E-state index is 0.112. The van der Waals surface area contributed by atoms with Crippen molar-refractivity contribution in [2.75, 3.05) is 0 Å². The quantitative estimate of drug-likeness (QED) is 0.373. The fraction of sp³-hybridized carbons (Fsp3) is 0.0800.